The lowest BCUT2D eigenvalue weighted by Gasteiger charge is -2.09. The van der Waals surface area contributed by atoms with E-state index in [-0.39, 0.29) is 11.6 Å². The molecule has 2 aromatic heterocycles. The fourth-order valence-corrected chi connectivity index (χ4v) is 2.80. The summed E-state index contributed by atoms with van der Waals surface area (Å²) in [7, 11) is 0. The van der Waals surface area contributed by atoms with Crippen molar-refractivity contribution in [3.05, 3.63) is 58.0 Å². The molecule has 2 heterocycles. The molecule has 0 saturated heterocycles. The van der Waals surface area contributed by atoms with Crippen molar-refractivity contribution in [3.8, 4) is 5.69 Å². The molecule has 0 atom stereocenters. The molecule has 0 fully saturated rings. The Morgan fingerprint density at radius 1 is 1.37 bits per heavy atom. The number of nitrogens with zero attached hydrogens (tertiary/aromatic N) is 3. The van der Waals surface area contributed by atoms with Crippen molar-refractivity contribution in [2.45, 2.75) is 19.9 Å². The molecular weight excluding hydrogens is 349 g/mol. The molecule has 27 heavy (non-hydrogen) atoms. The predicted octanol–water partition coefficient (Wildman–Crippen LogP) is 0.914. The van der Waals surface area contributed by atoms with Gasteiger partial charge in [0, 0.05) is 30.4 Å². The summed E-state index contributed by atoms with van der Waals surface area (Å²) < 4.78 is 15.8. The van der Waals surface area contributed by atoms with Crippen molar-refractivity contribution in [1.29, 1.82) is 0 Å². The Labute approximate surface area is 155 Å². The first-order valence-electron chi connectivity index (χ1n) is 8.58. The summed E-state index contributed by atoms with van der Waals surface area (Å²) in [6.45, 7) is 3.62. The van der Waals surface area contributed by atoms with E-state index in [9.17, 15) is 9.18 Å². The van der Waals surface area contributed by atoms with Crippen LogP contribution in [0.25, 0.3) is 16.7 Å². The summed E-state index contributed by atoms with van der Waals surface area (Å²) in [5.74, 6) is -0.407. The van der Waals surface area contributed by atoms with Crippen molar-refractivity contribution < 1.29 is 4.39 Å². The maximum Gasteiger partial charge on any atom is 0.354 e. The minimum absolute atomic E-state index is 0.0744. The summed E-state index contributed by atoms with van der Waals surface area (Å²) in [5.41, 5.74) is 12.3. The van der Waals surface area contributed by atoms with E-state index in [1.807, 2.05) is 13.0 Å². The minimum Gasteiger partial charge on any atom is -0.370 e. The molecular formula is C18H22FN7O. The number of nitrogens with two attached hydrogens (primary N) is 2. The van der Waals surface area contributed by atoms with E-state index in [1.165, 1.54) is 10.6 Å². The third-order valence-electron chi connectivity index (χ3n) is 4.05. The maximum absolute atomic E-state index is 14.6. The number of halogens is 1. The van der Waals surface area contributed by atoms with Gasteiger partial charge in [-0.1, -0.05) is 6.07 Å². The number of H-pyrrole nitrogens is 1. The van der Waals surface area contributed by atoms with Gasteiger partial charge in [0.2, 0.25) is 0 Å². The van der Waals surface area contributed by atoms with E-state index in [0.29, 0.717) is 25.3 Å². The highest BCUT2D eigenvalue weighted by atomic mass is 19.1. The molecule has 1 aromatic carbocycles. The summed E-state index contributed by atoms with van der Waals surface area (Å²) in [4.78, 5) is 23.1. The van der Waals surface area contributed by atoms with Gasteiger partial charge in [-0.25, -0.2) is 9.18 Å². The van der Waals surface area contributed by atoms with Gasteiger partial charge < -0.3 is 21.8 Å². The van der Waals surface area contributed by atoms with E-state index in [1.54, 1.807) is 18.3 Å². The van der Waals surface area contributed by atoms with Gasteiger partial charge in [0.15, 0.2) is 5.96 Å². The number of aliphatic imine (C=N–C) groups is 1. The van der Waals surface area contributed by atoms with Crippen LogP contribution in [0.5, 0.6) is 0 Å². The van der Waals surface area contributed by atoms with Gasteiger partial charge in [-0.15, -0.1) is 0 Å². The Morgan fingerprint density at radius 3 is 2.93 bits per heavy atom. The number of aryl methyl sites for hydroxylation is 1. The maximum atomic E-state index is 14.6. The first kappa shape index (κ1) is 18.6. The number of hydrogen-bond acceptors (Lipinski definition) is 4. The van der Waals surface area contributed by atoms with Gasteiger partial charge in [0.1, 0.15) is 11.5 Å². The van der Waals surface area contributed by atoms with Crippen molar-refractivity contribution in [2.24, 2.45) is 16.5 Å². The Balaban J connectivity index is 1.71. The molecule has 0 bridgehead atoms. The molecule has 0 aliphatic heterocycles. The smallest absolute Gasteiger partial charge is 0.354 e. The lowest BCUT2D eigenvalue weighted by Crippen LogP contribution is -2.23. The second-order valence-corrected chi connectivity index (χ2v) is 6.27. The van der Waals surface area contributed by atoms with Gasteiger partial charge in [0.05, 0.1) is 5.69 Å². The lowest BCUT2D eigenvalue weighted by molar-refractivity contribution is 0.606. The zero-order valence-electron chi connectivity index (χ0n) is 15.0. The topological polar surface area (TPSA) is 127 Å². The quantitative estimate of drug-likeness (QED) is 0.279. The third kappa shape index (κ3) is 4.50. The van der Waals surface area contributed by atoms with Crippen LogP contribution in [0.4, 0.5) is 4.39 Å². The summed E-state index contributed by atoms with van der Waals surface area (Å²) in [6, 6.07) is 6.63. The highest BCUT2D eigenvalue weighted by Gasteiger charge is 2.10. The lowest BCUT2D eigenvalue weighted by atomic mass is 10.2. The normalized spacial score (nSPS) is 11.0. The van der Waals surface area contributed by atoms with Gasteiger partial charge in [-0.3, -0.25) is 9.56 Å². The number of rotatable bonds is 7. The molecule has 6 N–H and O–H groups in total. The number of benzene rings is 1. The van der Waals surface area contributed by atoms with Crippen LogP contribution in [0.3, 0.4) is 0 Å². The number of aromatic amines is 1. The van der Waals surface area contributed by atoms with Crippen LogP contribution in [-0.4, -0.2) is 33.6 Å². The molecule has 0 aliphatic rings. The van der Waals surface area contributed by atoms with Crippen LogP contribution < -0.4 is 22.5 Å². The van der Waals surface area contributed by atoms with E-state index >= 15 is 0 Å². The van der Waals surface area contributed by atoms with Crippen molar-refractivity contribution in [2.75, 3.05) is 13.1 Å². The number of guanidine groups is 1. The summed E-state index contributed by atoms with van der Waals surface area (Å²) in [5, 5.41) is 3.95. The molecule has 0 radical (unpaired) electrons. The van der Waals surface area contributed by atoms with E-state index < -0.39 is 11.5 Å². The van der Waals surface area contributed by atoms with Gasteiger partial charge in [0.25, 0.3) is 0 Å². The highest BCUT2D eigenvalue weighted by molar-refractivity contribution is 5.76. The summed E-state index contributed by atoms with van der Waals surface area (Å²) >= 11 is 0. The molecule has 0 unspecified atom stereocenters. The Hall–Kier alpha value is -3.20. The third-order valence-corrected chi connectivity index (χ3v) is 4.05. The van der Waals surface area contributed by atoms with Crippen molar-refractivity contribution in [3.63, 3.8) is 0 Å². The Kier molecular flexibility index (Phi) is 5.51. The molecule has 0 saturated carbocycles. The molecule has 142 valence electrons. The van der Waals surface area contributed by atoms with E-state index in [2.05, 4.69) is 20.3 Å². The molecule has 0 aliphatic carbocycles. The highest BCUT2D eigenvalue weighted by Crippen LogP contribution is 2.17. The molecule has 0 amide bonds. The first-order valence-corrected chi connectivity index (χ1v) is 8.58. The van der Waals surface area contributed by atoms with E-state index in [4.69, 9.17) is 11.5 Å². The zero-order chi connectivity index (χ0) is 19.4. The summed E-state index contributed by atoms with van der Waals surface area (Å²) in [6.07, 6.45) is 2.36. The number of nitrogens with one attached hydrogen (secondary N) is 2. The van der Waals surface area contributed by atoms with Crippen LogP contribution >= 0.6 is 0 Å². The van der Waals surface area contributed by atoms with Crippen molar-refractivity contribution in [1.82, 2.24) is 19.9 Å². The number of aromatic nitrogens is 3. The molecule has 3 aromatic rings. The van der Waals surface area contributed by atoms with Crippen molar-refractivity contribution >= 4 is 17.0 Å². The molecule has 0 spiro atoms. The Morgan fingerprint density at radius 2 is 2.19 bits per heavy atom. The van der Waals surface area contributed by atoms with Crippen LogP contribution in [0.15, 0.2) is 40.2 Å². The Bertz CT molecular complexity index is 1030. The predicted molar refractivity (Wildman–Crippen MR) is 103 cm³/mol. The standard InChI is InChI=1S/C18H22FN7O/c1-11-7-13-10-26(18(27)25-16(13)24-11)15-4-3-12(8-14(15)19)9-22-5-2-6-23-17(20)21/h3-4,7-8,10,22H,2,5-6,9H2,1H3,(H4,20,21,23)(H,24,25,27). The van der Waals surface area contributed by atoms with Crippen LogP contribution in [0, 0.1) is 12.7 Å². The van der Waals surface area contributed by atoms with Gasteiger partial charge in [-0.2, -0.15) is 4.98 Å². The fraction of sp³-hybridized carbons (Fsp3) is 0.278. The SMILES string of the molecule is Cc1cc2cn(-c3ccc(CNCCCN=C(N)N)cc3F)c(=O)nc2[nH]1. The average Bonchev–Trinajstić information content (AvgIpc) is 2.96. The second-order valence-electron chi connectivity index (χ2n) is 6.27. The molecule has 9 heteroatoms. The first-order chi connectivity index (χ1) is 12.9. The van der Waals surface area contributed by atoms with E-state index in [0.717, 1.165) is 23.1 Å². The zero-order valence-corrected chi connectivity index (χ0v) is 15.0. The van der Waals surface area contributed by atoms with Gasteiger partial charge >= 0.3 is 5.69 Å². The van der Waals surface area contributed by atoms with Crippen LogP contribution in [0.1, 0.15) is 17.7 Å². The fourth-order valence-electron chi connectivity index (χ4n) is 2.80. The largest absolute Gasteiger partial charge is 0.370 e. The van der Waals surface area contributed by atoms with Crippen LogP contribution in [0.2, 0.25) is 0 Å². The number of hydrogen-bond donors (Lipinski definition) is 4. The minimum atomic E-state index is -0.533. The monoisotopic (exact) mass is 371 g/mol. The number of fused-ring (bicyclic) bond motifs is 1. The second kappa shape index (κ2) is 8.00. The van der Waals surface area contributed by atoms with Crippen LogP contribution in [-0.2, 0) is 6.54 Å². The average molecular weight is 371 g/mol. The molecule has 3 rings (SSSR count). The molecule has 8 nitrogen and oxygen atoms in total. The van der Waals surface area contributed by atoms with Gasteiger partial charge in [-0.05, 0) is 43.7 Å².